The highest BCUT2D eigenvalue weighted by Gasteiger charge is 2.26. The van der Waals surface area contributed by atoms with Crippen LogP contribution in [-0.4, -0.2) is 51.4 Å². The van der Waals surface area contributed by atoms with Gasteiger partial charge < -0.3 is 14.8 Å². The molecule has 8 nitrogen and oxygen atoms in total. The molecule has 10 heteroatoms. The maximum absolute atomic E-state index is 14.3. The fraction of sp³-hybridized carbons (Fsp3) is 0.333. The van der Waals surface area contributed by atoms with E-state index in [4.69, 9.17) is 4.74 Å². The predicted molar refractivity (Wildman–Crippen MR) is 113 cm³/mol. The molecule has 0 aromatic heterocycles. The summed E-state index contributed by atoms with van der Waals surface area (Å²) in [6.07, 6.45) is 0. The van der Waals surface area contributed by atoms with Crippen molar-refractivity contribution >= 4 is 27.6 Å². The van der Waals surface area contributed by atoms with E-state index in [-0.39, 0.29) is 25.3 Å². The highest BCUT2D eigenvalue weighted by Crippen LogP contribution is 2.24. The number of anilines is 1. The van der Waals surface area contributed by atoms with Crippen molar-refractivity contribution in [1.82, 2.24) is 4.31 Å². The average Bonchev–Trinajstić information content (AvgIpc) is 2.74. The lowest BCUT2D eigenvalue weighted by Crippen LogP contribution is -2.31. The Bertz CT molecular complexity index is 1070. The minimum atomic E-state index is -4.07. The van der Waals surface area contributed by atoms with E-state index in [0.29, 0.717) is 17.0 Å². The Morgan fingerprint density at radius 3 is 2.35 bits per heavy atom. The Morgan fingerprint density at radius 1 is 1.10 bits per heavy atom. The molecule has 2 aromatic carbocycles. The van der Waals surface area contributed by atoms with Gasteiger partial charge >= 0.3 is 5.97 Å². The first-order valence-corrected chi connectivity index (χ1v) is 11.0. The number of rotatable bonds is 9. The molecule has 0 spiro atoms. The number of methoxy groups -OCH3 is 1. The molecule has 31 heavy (non-hydrogen) atoms. The second-order valence-corrected chi connectivity index (χ2v) is 8.44. The third-order valence-corrected chi connectivity index (χ3v) is 6.61. The normalized spacial score (nSPS) is 11.3. The number of carbonyl (C=O) groups is 2. The summed E-state index contributed by atoms with van der Waals surface area (Å²) in [7, 11) is -2.81. The van der Waals surface area contributed by atoms with Crippen LogP contribution in [0.3, 0.4) is 0 Å². The first-order valence-electron chi connectivity index (χ1n) is 9.55. The molecular formula is C21H25FN2O6S. The van der Waals surface area contributed by atoms with Crippen molar-refractivity contribution in [2.45, 2.75) is 25.7 Å². The molecule has 0 aliphatic rings. The number of hydrogen-bond donors (Lipinski definition) is 1. The number of nitrogens with zero attached hydrogens (tertiary/aromatic N) is 1. The van der Waals surface area contributed by atoms with Gasteiger partial charge in [-0.15, -0.1) is 0 Å². The van der Waals surface area contributed by atoms with E-state index in [9.17, 15) is 22.4 Å². The predicted octanol–water partition coefficient (Wildman–Crippen LogP) is 2.97. The van der Waals surface area contributed by atoms with Gasteiger partial charge in [-0.2, -0.15) is 4.31 Å². The smallest absolute Gasteiger partial charge is 0.343 e. The number of carbonyl (C=O) groups excluding carboxylic acids is 2. The van der Waals surface area contributed by atoms with Crippen molar-refractivity contribution in [3.63, 3.8) is 0 Å². The monoisotopic (exact) mass is 452 g/mol. The second-order valence-electron chi connectivity index (χ2n) is 6.53. The number of benzene rings is 2. The minimum absolute atomic E-state index is 0.00227. The van der Waals surface area contributed by atoms with Gasteiger partial charge in [0, 0.05) is 24.3 Å². The lowest BCUT2D eigenvalue weighted by atomic mass is 10.1. The zero-order valence-electron chi connectivity index (χ0n) is 17.8. The van der Waals surface area contributed by atoms with Gasteiger partial charge in [-0.3, -0.25) is 4.79 Å². The third-order valence-electron chi connectivity index (χ3n) is 4.55. The lowest BCUT2D eigenvalue weighted by molar-refractivity contribution is -0.142. The van der Waals surface area contributed by atoms with E-state index in [1.165, 1.54) is 13.2 Å². The zero-order chi connectivity index (χ0) is 23.2. The van der Waals surface area contributed by atoms with E-state index >= 15 is 0 Å². The number of esters is 1. The molecule has 168 valence electrons. The van der Waals surface area contributed by atoms with Crippen LogP contribution in [0.25, 0.3) is 0 Å². The van der Waals surface area contributed by atoms with Crippen molar-refractivity contribution in [2.75, 3.05) is 32.1 Å². The van der Waals surface area contributed by atoms with Crippen molar-refractivity contribution < 1.29 is 31.9 Å². The fourth-order valence-corrected chi connectivity index (χ4v) is 4.36. The lowest BCUT2D eigenvalue weighted by Gasteiger charge is -2.19. The Labute approximate surface area is 181 Å². The maximum Gasteiger partial charge on any atom is 0.343 e. The van der Waals surface area contributed by atoms with Gasteiger partial charge in [0.1, 0.15) is 16.5 Å². The second kappa shape index (κ2) is 10.4. The average molecular weight is 453 g/mol. The zero-order valence-corrected chi connectivity index (χ0v) is 18.6. The number of sulfonamides is 1. The summed E-state index contributed by atoms with van der Waals surface area (Å²) in [5, 5.41) is 2.67. The van der Waals surface area contributed by atoms with Crippen molar-refractivity contribution in [2.24, 2.45) is 0 Å². The number of halogens is 1. The van der Waals surface area contributed by atoms with E-state index in [0.717, 1.165) is 16.4 Å². The summed E-state index contributed by atoms with van der Waals surface area (Å²) in [6, 6.07) is 7.97. The van der Waals surface area contributed by atoms with E-state index in [1.807, 2.05) is 0 Å². The third kappa shape index (κ3) is 5.80. The summed E-state index contributed by atoms with van der Waals surface area (Å²) in [5.74, 6) is -1.63. The molecule has 0 fully saturated rings. The Morgan fingerprint density at radius 2 is 1.77 bits per heavy atom. The van der Waals surface area contributed by atoms with E-state index in [1.54, 1.807) is 39.0 Å². The molecule has 0 radical (unpaired) electrons. The van der Waals surface area contributed by atoms with Crippen molar-refractivity contribution in [3.8, 4) is 5.75 Å². The van der Waals surface area contributed by atoms with Crippen LogP contribution < -0.4 is 10.1 Å². The SMILES string of the molecule is CCN(CC)S(=O)(=O)c1cc(C(=O)Nc2ccc(OCC(=O)OC)cc2C)ccc1F. The van der Waals surface area contributed by atoms with Gasteiger partial charge in [-0.1, -0.05) is 13.8 Å². The molecule has 0 unspecified atom stereocenters. The quantitative estimate of drug-likeness (QED) is 0.587. The first kappa shape index (κ1) is 24.3. The van der Waals surface area contributed by atoms with Crippen LogP contribution in [0.15, 0.2) is 41.3 Å². The highest BCUT2D eigenvalue weighted by molar-refractivity contribution is 7.89. The number of nitrogens with one attached hydrogen (secondary N) is 1. The van der Waals surface area contributed by atoms with Gasteiger partial charge in [-0.25, -0.2) is 17.6 Å². The number of hydrogen-bond acceptors (Lipinski definition) is 6. The summed E-state index contributed by atoms with van der Waals surface area (Å²) in [6.45, 7) is 5.13. The van der Waals surface area contributed by atoms with E-state index in [2.05, 4.69) is 10.1 Å². The molecule has 0 aliphatic carbocycles. The van der Waals surface area contributed by atoms with Gasteiger partial charge in [0.25, 0.3) is 5.91 Å². The minimum Gasteiger partial charge on any atom is -0.482 e. The van der Waals surface area contributed by atoms with Crippen LogP contribution in [0.4, 0.5) is 10.1 Å². The summed E-state index contributed by atoms with van der Waals surface area (Å²) in [4.78, 5) is 23.3. The molecule has 2 rings (SSSR count). The summed E-state index contributed by atoms with van der Waals surface area (Å²) < 4.78 is 50.5. The molecule has 0 saturated heterocycles. The van der Waals surface area contributed by atoms with E-state index < -0.39 is 32.6 Å². The number of amides is 1. The maximum atomic E-state index is 14.3. The van der Waals surface area contributed by atoms with Gasteiger partial charge in [0.05, 0.1) is 7.11 Å². The Hall–Kier alpha value is -2.98. The largest absolute Gasteiger partial charge is 0.482 e. The van der Waals surface area contributed by atoms with Crippen LogP contribution in [0.5, 0.6) is 5.75 Å². The highest BCUT2D eigenvalue weighted by atomic mass is 32.2. The standard InChI is InChI=1S/C21H25FN2O6S/c1-5-24(6-2)31(27,28)19-12-15(7-9-17(19)22)21(26)23-18-10-8-16(11-14(18)3)30-13-20(25)29-4/h7-12H,5-6,13H2,1-4H3,(H,23,26). The van der Waals surface area contributed by atoms with Crippen LogP contribution in [0.1, 0.15) is 29.8 Å². The Kier molecular flexibility index (Phi) is 8.12. The number of aryl methyl sites for hydroxylation is 1. The Balaban J connectivity index is 2.24. The topological polar surface area (TPSA) is 102 Å². The first-order chi connectivity index (χ1) is 14.6. The van der Waals surface area contributed by atoms with Crippen molar-refractivity contribution in [3.05, 3.63) is 53.3 Å². The van der Waals surface area contributed by atoms with Crippen molar-refractivity contribution in [1.29, 1.82) is 0 Å². The van der Waals surface area contributed by atoms with Crippen LogP contribution in [0, 0.1) is 12.7 Å². The molecule has 0 heterocycles. The van der Waals surface area contributed by atoms with Gasteiger partial charge in [-0.05, 0) is 48.9 Å². The molecule has 1 amide bonds. The molecule has 0 saturated carbocycles. The van der Waals surface area contributed by atoms with Gasteiger partial charge in [0.15, 0.2) is 6.61 Å². The molecule has 0 atom stereocenters. The van der Waals surface area contributed by atoms with Crippen LogP contribution >= 0.6 is 0 Å². The van der Waals surface area contributed by atoms with Crippen LogP contribution in [0.2, 0.25) is 0 Å². The van der Waals surface area contributed by atoms with Gasteiger partial charge in [0.2, 0.25) is 10.0 Å². The fourth-order valence-electron chi connectivity index (χ4n) is 2.81. The molecular weight excluding hydrogens is 427 g/mol. The molecule has 0 bridgehead atoms. The van der Waals surface area contributed by atoms with Crippen LogP contribution in [-0.2, 0) is 19.6 Å². The summed E-state index contributed by atoms with van der Waals surface area (Å²) in [5.41, 5.74) is 1.10. The molecule has 1 N–H and O–H groups in total. The molecule has 0 aliphatic heterocycles. The molecule has 2 aromatic rings. The number of ether oxygens (including phenoxy) is 2. The summed E-state index contributed by atoms with van der Waals surface area (Å²) >= 11 is 0.